The van der Waals surface area contributed by atoms with Crippen molar-refractivity contribution in [2.24, 2.45) is 0 Å². The van der Waals surface area contributed by atoms with E-state index < -0.39 is 5.97 Å². The van der Waals surface area contributed by atoms with E-state index >= 15 is 0 Å². The van der Waals surface area contributed by atoms with Gasteiger partial charge in [-0.05, 0) is 31.1 Å². The van der Waals surface area contributed by atoms with Gasteiger partial charge in [-0.15, -0.1) is 11.3 Å². The van der Waals surface area contributed by atoms with Crippen molar-refractivity contribution in [3.63, 3.8) is 0 Å². The minimum Gasteiger partial charge on any atom is -0.452 e. The fourth-order valence-corrected chi connectivity index (χ4v) is 3.21. The summed E-state index contributed by atoms with van der Waals surface area (Å²) in [5.74, 6) is -0.647. The van der Waals surface area contributed by atoms with E-state index in [0.717, 1.165) is 41.2 Å². The summed E-state index contributed by atoms with van der Waals surface area (Å²) >= 11 is 1.50. The van der Waals surface area contributed by atoms with Crippen molar-refractivity contribution in [2.75, 3.05) is 19.7 Å². The predicted molar refractivity (Wildman–Crippen MR) is 85.4 cm³/mol. The van der Waals surface area contributed by atoms with Crippen molar-refractivity contribution in [3.8, 4) is 0 Å². The molecular weight excluding hydrogens is 300 g/mol. The summed E-state index contributed by atoms with van der Waals surface area (Å²) in [6.45, 7) is 1.33. The molecule has 114 valence electrons. The highest BCUT2D eigenvalue weighted by Crippen LogP contribution is 2.22. The van der Waals surface area contributed by atoms with Gasteiger partial charge in [0, 0.05) is 19.2 Å². The highest BCUT2D eigenvalue weighted by Gasteiger charge is 2.18. The molecule has 0 bridgehead atoms. The monoisotopic (exact) mass is 316 g/mol. The van der Waals surface area contributed by atoms with Crippen LogP contribution in [-0.4, -0.2) is 41.5 Å². The normalized spacial score (nSPS) is 14.8. The predicted octanol–water partition coefficient (Wildman–Crippen LogP) is 2.48. The third-order valence-electron chi connectivity index (χ3n) is 3.47. The van der Waals surface area contributed by atoms with Gasteiger partial charge in [-0.25, -0.2) is 9.78 Å². The Kier molecular flexibility index (Phi) is 4.48. The number of para-hydroxylation sites is 1. The average molecular weight is 316 g/mol. The number of nitrogens with zero attached hydrogens (tertiary/aromatic N) is 2. The first-order chi connectivity index (χ1) is 10.7. The van der Waals surface area contributed by atoms with Crippen LogP contribution in [0.5, 0.6) is 0 Å². The van der Waals surface area contributed by atoms with Crippen molar-refractivity contribution < 1.29 is 14.3 Å². The molecular formula is C16H16N2O3S. The average Bonchev–Trinajstić information content (AvgIpc) is 3.19. The molecule has 0 atom stereocenters. The molecule has 1 aliphatic heterocycles. The Hall–Kier alpha value is -2.21. The molecule has 0 saturated carbocycles. The molecule has 5 nitrogen and oxygen atoms in total. The largest absolute Gasteiger partial charge is 0.452 e. The van der Waals surface area contributed by atoms with Crippen LogP contribution in [0.15, 0.2) is 30.3 Å². The number of rotatable bonds is 4. The first kappa shape index (κ1) is 14.7. The van der Waals surface area contributed by atoms with Gasteiger partial charge in [-0.3, -0.25) is 4.79 Å². The Labute approximate surface area is 132 Å². The maximum atomic E-state index is 11.8. The third kappa shape index (κ3) is 3.51. The molecule has 0 radical (unpaired) electrons. The van der Waals surface area contributed by atoms with Crippen LogP contribution in [0.1, 0.15) is 17.8 Å². The lowest BCUT2D eigenvalue weighted by Gasteiger charge is -2.14. The van der Waals surface area contributed by atoms with Crippen LogP contribution in [0.25, 0.3) is 16.3 Å². The number of aromatic nitrogens is 1. The summed E-state index contributed by atoms with van der Waals surface area (Å²) in [5, 5.41) is 0.740. The van der Waals surface area contributed by atoms with Gasteiger partial charge < -0.3 is 9.64 Å². The van der Waals surface area contributed by atoms with E-state index in [4.69, 9.17) is 4.74 Å². The summed E-state index contributed by atoms with van der Waals surface area (Å²) < 4.78 is 6.04. The lowest BCUT2D eigenvalue weighted by Crippen LogP contribution is -2.31. The molecule has 0 N–H and O–H groups in total. The maximum Gasteiger partial charge on any atom is 0.331 e. The van der Waals surface area contributed by atoms with E-state index in [2.05, 4.69) is 4.98 Å². The lowest BCUT2D eigenvalue weighted by atomic mass is 10.3. The van der Waals surface area contributed by atoms with Crippen molar-refractivity contribution >= 4 is 39.5 Å². The van der Waals surface area contributed by atoms with Gasteiger partial charge in [-0.2, -0.15) is 0 Å². The number of ether oxygens (including phenoxy) is 1. The molecule has 1 fully saturated rings. The molecule has 1 aromatic carbocycles. The van der Waals surface area contributed by atoms with Crippen LogP contribution >= 0.6 is 11.3 Å². The van der Waals surface area contributed by atoms with Crippen molar-refractivity contribution in [3.05, 3.63) is 35.3 Å². The van der Waals surface area contributed by atoms with E-state index in [1.807, 2.05) is 24.3 Å². The van der Waals surface area contributed by atoms with E-state index in [1.165, 1.54) is 17.4 Å². The molecule has 1 aliphatic rings. The minimum atomic E-state index is -0.521. The van der Waals surface area contributed by atoms with E-state index in [0.29, 0.717) is 0 Å². The van der Waals surface area contributed by atoms with Gasteiger partial charge in [0.25, 0.3) is 5.91 Å². The van der Waals surface area contributed by atoms with Crippen molar-refractivity contribution in [2.45, 2.75) is 12.8 Å². The molecule has 2 heterocycles. The van der Waals surface area contributed by atoms with Crippen LogP contribution in [0.4, 0.5) is 0 Å². The zero-order valence-corrected chi connectivity index (χ0v) is 12.8. The highest BCUT2D eigenvalue weighted by molar-refractivity contribution is 7.19. The number of hydrogen-bond acceptors (Lipinski definition) is 5. The molecule has 1 aromatic heterocycles. The van der Waals surface area contributed by atoms with Crippen LogP contribution in [0.3, 0.4) is 0 Å². The van der Waals surface area contributed by atoms with Gasteiger partial charge >= 0.3 is 5.97 Å². The molecule has 2 aromatic rings. The molecule has 3 rings (SSSR count). The SMILES string of the molecule is O=C(/C=C/c1nc2ccccc2s1)OCC(=O)N1CCCC1. The maximum absolute atomic E-state index is 11.8. The molecule has 6 heteroatoms. The Bertz CT molecular complexity index is 684. The Morgan fingerprint density at radius 3 is 2.82 bits per heavy atom. The van der Waals surface area contributed by atoms with E-state index in [9.17, 15) is 9.59 Å². The molecule has 1 amide bonds. The van der Waals surface area contributed by atoms with Gasteiger partial charge in [0.05, 0.1) is 10.2 Å². The zero-order valence-electron chi connectivity index (χ0n) is 12.0. The fourth-order valence-electron chi connectivity index (χ4n) is 2.34. The second kappa shape index (κ2) is 6.70. The number of carbonyl (C=O) groups excluding carboxylic acids is 2. The van der Waals surface area contributed by atoms with Crippen LogP contribution in [0.2, 0.25) is 0 Å². The van der Waals surface area contributed by atoms with Crippen LogP contribution < -0.4 is 0 Å². The molecule has 0 aliphatic carbocycles. The summed E-state index contributed by atoms with van der Waals surface area (Å²) in [5.41, 5.74) is 0.907. The number of benzene rings is 1. The number of esters is 1. The second-order valence-electron chi connectivity index (χ2n) is 5.05. The quantitative estimate of drug-likeness (QED) is 0.642. The summed E-state index contributed by atoms with van der Waals surface area (Å²) in [4.78, 5) is 29.5. The first-order valence-corrected chi connectivity index (χ1v) is 8.02. The Morgan fingerprint density at radius 2 is 2.05 bits per heavy atom. The molecule has 0 spiro atoms. The van der Waals surface area contributed by atoms with E-state index in [-0.39, 0.29) is 12.5 Å². The topological polar surface area (TPSA) is 59.5 Å². The summed E-state index contributed by atoms with van der Waals surface area (Å²) in [6, 6.07) is 7.79. The Morgan fingerprint density at radius 1 is 1.27 bits per heavy atom. The number of fused-ring (bicyclic) bond motifs is 1. The van der Waals surface area contributed by atoms with Crippen LogP contribution in [-0.2, 0) is 14.3 Å². The number of likely N-dealkylation sites (tertiary alicyclic amines) is 1. The number of hydrogen-bond donors (Lipinski definition) is 0. The van der Waals surface area contributed by atoms with Gasteiger partial charge in [0.1, 0.15) is 5.01 Å². The zero-order chi connectivity index (χ0) is 15.4. The molecule has 22 heavy (non-hydrogen) atoms. The Balaban J connectivity index is 1.53. The molecule has 0 unspecified atom stereocenters. The smallest absolute Gasteiger partial charge is 0.331 e. The van der Waals surface area contributed by atoms with Gasteiger partial charge in [-0.1, -0.05) is 12.1 Å². The highest BCUT2D eigenvalue weighted by atomic mass is 32.1. The van der Waals surface area contributed by atoms with Gasteiger partial charge in [0.2, 0.25) is 0 Å². The van der Waals surface area contributed by atoms with E-state index in [1.54, 1.807) is 11.0 Å². The number of thiazole rings is 1. The summed E-state index contributed by atoms with van der Waals surface area (Å²) in [6.07, 6.45) is 4.98. The van der Waals surface area contributed by atoms with Crippen molar-refractivity contribution in [1.82, 2.24) is 9.88 Å². The first-order valence-electron chi connectivity index (χ1n) is 7.20. The fraction of sp³-hybridized carbons (Fsp3) is 0.312. The van der Waals surface area contributed by atoms with Gasteiger partial charge in [0.15, 0.2) is 6.61 Å². The number of carbonyl (C=O) groups is 2. The third-order valence-corrected chi connectivity index (χ3v) is 4.47. The van der Waals surface area contributed by atoms with Crippen molar-refractivity contribution in [1.29, 1.82) is 0 Å². The van der Waals surface area contributed by atoms with Crippen LogP contribution in [0, 0.1) is 0 Å². The minimum absolute atomic E-state index is 0.126. The number of amides is 1. The lowest BCUT2D eigenvalue weighted by molar-refractivity contribution is -0.147. The second-order valence-corrected chi connectivity index (χ2v) is 6.11. The molecule has 1 saturated heterocycles. The summed E-state index contributed by atoms with van der Waals surface area (Å²) in [7, 11) is 0. The standard InChI is InChI=1S/C16H16N2O3S/c19-15(18-9-3-4-10-18)11-21-16(20)8-7-14-17-12-5-1-2-6-13(12)22-14/h1-2,5-8H,3-4,9-11H2/b8-7+.